The van der Waals surface area contributed by atoms with E-state index in [0.29, 0.717) is 29.2 Å². The van der Waals surface area contributed by atoms with E-state index in [-0.39, 0.29) is 11.4 Å². The number of hydrogen-bond acceptors (Lipinski definition) is 4. The molecule has 0 unspecified atom stereocenters. The summed E-state index contributed by atoms with van der Waals surface area (Å²) in [6, 6.07) is 4.60. The number of carbonyl (C=O) groups is 2. The Labute approximate surface area is 130 Å². The fraction of sp³-hybridized carbons (Fsp3) is 0.467. The summed E-state index contributed by atoms with van der Waals surface area (Å²) in [5, 5.41) is 6.30. The van der Waals surface area contributed by atoms with Crippen molar-refractivity contribution in [3.05, 3.63) is 28.8 Å². The number of nitrogens with one attached hydrogen (secondary N) is 2. The minimum absolute atomic E-state index is 0.0390. The Morgan fingerprint density at radius 1 is 1.29 bits per heavy atom. The van der Waals surface area contributed by atoms with Crippen molar-refractivity contribution in [1.82, 2.24) is 5.32 Å². The van der Waals surface area contributed by atoms with E-state index >= 15 is 0 Å². The smallest absolute Gasteiger partial charge is 0.337 e. The van der Waals surface area contributed by atoms with E-state index in [4.69, 9.17) is 11.6 Å². The molecule has 1 amide bonds. The molecule has 0 aromatic heterocycles. The molecule has 0 bridgehead atoms. The molecule has 116 valence electrons. The van der Waals surface area contributed by atoms with Crippen molar-refractivity contribution < 1.29 is 14.3 Å². The van der Waals surface area contributed by atoms with E-state index in [2.05, 4.69) is 15.4 Å². The second kappa shape index (κ2) is 7.43. The van der Waals surface area contributed by atoms with Gasteiger partial charge < -0.3 is 15.4 Å². The lowest BCUT2D eigenvalue weighted by Crippen LogP contribution is -2.37. The van der Waals surface area contributed by atoms with Gasteiger partial charge in [-0.3, -0.25) is 4.79 Å². The first-order valence-electron chi connectivity index (χ1n) is 6.65. The highest BCUT2D eigenvalue weighted by molar-refractivity contribution is 6.33. The van der Waals surface area contributed by atoms with Crippen LogP contribution in [0.3, 0.4) is 0 Å². The first-order valence-corrected chi connectivity index (χ1v) is 7.03. The van der Waals surface area contributed by atoms with E-state index < -0.39 is 5.97 Å². The number of carbonyl (C=O) groups excluding carboxylic acids is 2. The highest BCUT2D eigenvalue weighted by Crippen LogP contribution is 2.23. The maximum Gasteiger partial charge on any atom is 0.337 e. The molecule has 0 saturated carbocycles. The van der Waals surface area contributed by atoms with Gasteiger partial charge in [-0.1, -0.05) is 11.6 Å². The number of anilines is 1. The number of benzene rings is 1. The van der Waals surface area contributed by atoms with Crippen molar-refractivity contribution in [2.24, 2.45) is 0 Å². The summed E-state index contributed by atoms with van der Waals surface area (Å²) in [5.41, 5.74) is 0.702. The van der Waals surface area contributed by atoms with Gasteiger partial charge >= 0.3 is 5.97 Å². The predicted molar refractivity (Wildman–Crippen MR) is 83.8 cm³/mol. The van der Waals surface area contributed by atoms with Gasteiger partial charge in [-0.2, -0.15) is 0 Å². The average molecular weight is 313 g/mol. The third-order valence-electron chi connectivity index (χ3n) is 2.67. The van der Waals surface area contributed by atoms with Crippen LogP contribution in [-0.2, 0) is 9.53 Å². The molecule has 2 N–H and O–H groups in total. The second-order valence-corrected chi connectivity index (χ2v) is 6.07. The summed E-state index contributed by atoms with van der Waals surface area (Å²) in [7, 11) is 1.30. The van der Waals surface area contributed by atoms with Crippen LogP contribution >= 0.6 is 11.6 Å². The van der Waals surface area contributed by atoms with Gasteiger partial charge in [0.1, 0.15) is 0 Å². The van der Waals surface area contributed by atoms with Crippen LogP contribution in [0.1, 0.15) is 37.6 Å². The third-order valence-corrected chi connectivity index (χ3v) is 3.00. The van der Waals surface area contributed by atoms with E-state index in [1.54, 1.807) is 12.1 Å². The van der Waals surface area contributed by atoms with Gasteiger partial charge in [0.15, 0.2) is 0 Å². The monoisotopic (exact) mass is 312 g/mol. The molecule has 0 fully saturated rings. The second-order valence-electron chi connectivity index (χ2n) is 5.66. The van der Waals surface area contributed by atoms with Gasteiger partial charge in [0.2, 0.25) is 5.91 Å². The van der Waals surface area contributed by atoms with Crippen LogP contribution in [0.4, 0.5) is 5.69 Å². The molecule has 0 saturated heterocycles. The largest absolute Gasteiger partial charge is 0.465 e. The van der Waals surface area contributed by atoms with Crippen molar-refractivity contribution in [3.8, 4) is 0 Å². The Morgan fingerprint density at radius 3 is 2.52 bits per heavy atom. The fourth-order valence-corrected chi connectivity index (χ4v) is 1.79. The minimum Gasteiger partial charge on any atom is -0.465 e. The van der Waals surface area contributed by atoms with Gasteiger partial charge in [-0.15, -0.1) is 0 Å². The number of ether oxygens (including phenoxy) is 1. The number of halogens is 1. The van der Waals surface area contributed by atoms with Gasteiger partial charge in [0.05, 0.1) is 23.4 Å². The van der Waals surface area contributed by atoms with Gasteiger partial charge in [-0.05, 0) is 39.0 Å². The molecule has 1 aromatic carbocycles. The molecule has 0 radical (unpaired) electrons. The van der Waals surface area contributed by atoms with Gasteiger partial charge in [-0.25, -0.2) is 4.79 Å². The Hall–Kier alpha value is -1.59. The summed E-state index contributed by atoms with van der Waals surface area (Å²) in [4.78, 5) is 23.3. The van der Waals surface area contributed by atoms with E-state index in [9.17, 15) is 9.59 Å². The van der Waals surface area contributed by atoms with Crippen molar-refractivity contribution in [3.63, 3.8) is 0 Å². The minimum atomic E-state index is -0.475. The molecule has 0 aliphatic carbocycles. The van der Waals surface area contributed by atoms with E-state index in [1.165, 1.54) is 13.2 Å². The van der Waals surface area contributed by atoms with E-state index in [0.717, 1.165) is 0 Å². The van der Waals surface area contributed by atoms with Crippen LogP contribution in [0.15, 0.2) is 18.2 Å². The summed E-state index contributed by atoms with van der Waals surface area (Å²) in [6.45, 7) is 6.65. The standard InChI is InChI=1S/C15H21ClN2O3/c1-15(2,3)17-8-7-13(19)18-12-9-10(14(20)21-4)5-6-11(12)16/h5-6,9,17H,7-8H2,1-4H3,(H,18,19). The highest BCUT2D eigenvalue weighted by Gasteiger charge is 2.12. The van der Waals surface area contributed by atoms with Crippen LogP contribution in [-0.4, -0.2) is 31.1 Å². The summed E-state index contributed by atoms with van der Waals surface area (Å²) in [5.74, 6) is -0.646. The Kier molecular flexibility index (Phi) is 6.18. The lowest BCUT2D eigenvalue weighted by molar-refractivity contribution is -0.116. The Morgan fingerprint density at radius 2 is 1.95 bits per heavy atom. The quantitative estimate of drug-likeness (QED) is 0.820. The summed E-state index contributed by atoms with van der Waals surface area (Å²) >= 11 is 6.01. The normalized spacial score (nSPS) is 11.1. The van der Waals surface area contributed by atoms with Crippen molar-refractivity contribution in [2.75, 3.05) is 19.0 Å². The highest BCUT2D eigenvalue weighted by atomic mass is 35.5. The molecule has 5 nitrogen and oxygen atoms in total. The van der Waals surface area contributed by atoms with Gasteiger partial charge in [0, 0.05) is 18.5 Å². The summed E-state index contributed by atoms with van der Waals surface area (Å²) in [6.07, 6.45) is 0.316. The molecule has 0 atom stereocenters. The number of amides is 1. The molecule has 1 rings (SSSR count). The van der Waals surface area contributed by atoms with Crippen molar-refractivity contribution in [2.45, 2.75) is 32.7 Å². The molecule has 0 spiro atoms. The van der Waals surface area contributed by atoms with Crippen LogP contribution in [0.5, 0.6) is 0 Å². The molecule has 1 aromatic rings. The predicted octanol–water partition coefficient (Wildman–Crippen LogP) is 2.84. The number of rotatable bonds is 5. The third kappa shape index (κ3) is 6.14. The van der Waals surface area contributed by atoms with Crippen molar-refractivity contribution >= 4 is 29.2 Å². The SMILES string of the molecule is COC(=O)c1ccc(Cl)c(NC(=O)CCNC(C)(C)C)c1. The first-order chi connectivity index (χ1) is 9.73. The number of hydrogen-bond donors (Lipinski definition) is 2. The maximum absolute atomic E-state index is 11.9. The zero-order valence-corrected chi connectivity index (χ0v) is 13.5. The van der Waals surface area contributed by atoms with Crippen LogP contribution < -0.4 is 10.6 Å². The first kappa shape index (κ1) is 17.5. The van der Waals surface area contributed by atoms with Crippen LogP contribution in [0, 0.1) is 0 Å². The molecule has 0 heterocycles. The molecule has 0 aliphatic heterocycles. The Bertz CT molecular complexity index is 524. The zero-order chi connectivity index (χ0) is 16.0. The van der Waals surface area contributed by atoms with Crippen LogP contribution in [0.25, 0.3) is 0 Å². The van der Waals surface area contributed by atoms with E-state index in [1.807, 2.05) is 20.8 Å². The molecule has 0 aliphatic rings. The maximum atomic E-state index is 11.9. The summed E-state index contributed by atoms with van der Waals surface area (Å²) < 4.78 is 4.63. The van der Waals surface area contributed by atoms with Gasteiger partial charge in [0.25, 0.3) is 0 Å². The zero-order valence-electron chi connectivity index (χ0n) is 12.7. The molecular weight excluding hydrogens is 292 g/mol. The topological polar surface area (TPSA) is 67.4 Å². The number of methoxy groups -OCH3 is 1. The fourth-order valence-electron chi connectivity index (χ4n) is 1.63. The lowest BCUT2D eigenvalue weighted by atomic mass is 10.1. The molecular formula is C15H21ClN2O3. The van der Waals surface area contributed by atoms with Crippen molar-refractivity contribution in [1.29, 1.82) is 0 Å². The molecule has 21 heavy (non-hydrogen) atoms. The number of esters is 1. The lowest BCUT2D eigenvalue weighted by Gasteiger charge is -2.20. The van der Waals surface area contributed by atoms with Crippen LogP contribution in [0.2, 0.25) is 5.02 Å². The Balaban J connectivity index is 2.65. The molecule has 6 heteroatoms. The average Bonchev–Trinajstić information content (AvgIpc) is 2.39.